The molecule has 1 aromatic carbocycles. The average molecular weight is 288 g/mol. The highest BCUT2D eigenvalue weighted by Gasteiger charge is 2.18. The fourth-order valence-corrected chi connectivity index (χ4v) is 2.63. The second kappa shape index (κ2) is 7.80. The van der Waals surface area contributed by atoms with E-state index in [9.17, 15) is 0 Å². The zero-order valence-corrected chi connectivity index (χ0v) is 12.9. The monoisotopic (exact) mass is 288 g/mol. The fraction of sp³-hybridized carbons (Fsp3) is 0.529. The Kier molecular flexibility index (Phi) is 5.77. The highest BCUT2D eigenvalue weighted by Crippen LogP contribution is 2.31. The lowest BCUT2D eigenvalue weighted by atomic mass is 10.0. The summed E-state index contributed by atoms with van der Waals surface area (Å²) < 4.78 is 10.9. The van der Waals surface area contributed by atoms with E-state index >= 15 is 0 Å². The number of rotatable bonds is 6. The summed E-state index contributed by atoms with van der Waals surface area (Å²) >= 11 is 0. The van der Waals surface area contributed by atoms with Gasteiger partial charge in [0.1, 0.15) is 0 Å². The number of nitrogens with one attached hydrogen (secondary N) is 1. The van der Waals surface area contributed by atoms with Crippen LogP contribution < -0.4 is 14.8 Å². The molecule has 1 aliphatic rings. The van der Waals surface area contributed by atoms with E-state index in [1.807, 2.05) is 25.1 Å². The normalized spacial score (nSPS) is 16.2. The van der Waals surface area contributed by atoms with Crippen molar-refractivity contribution in [2.75, 3.05) is 38.7 Å². The van der Waals surface area contributed by atoms with Crippen LogP contribution in [0.2, 0.25) is 0 Å². The Hall–Kier alpha value is -1.86. The molecule has 0 bridgehead atoms. The molecule has 1 aliphatic heterocycles. The number of likely N-dealkylation sites (tertiary alicyclic amines) is 1. The van der Waals surface area contributed by atoms with Crippen molar-refractivity contribution in [3.63, 3.8) is 0 Å². The quantitative estimate of drug-likeness (QED) is 0.816. The molecule has 1 N–H and O–H groups in total. The molecule has 0 aromatic heterocycles. The summed E-state index contributed by atoms with van der Waals surface area (Å²) in [4.78, 5) is 2.32. The maximum atomic E-state index is 5.54. The first kappa shape index (κ1) is 15.5. The Morgan fingerprint density at radius 2 is 2.10 bits per heavy atom. The molecule has 0 saturated carbocycles. The third-order valence-electron chi connectivity index (χ3n) is 3.74. The molecule has 4 nitrogen and oxygen atoms in total. The first-order chi connectivity index (χ1) is 10.3. The fourth-order valence-electron chi connectivity index (χ4n) is 2.63. The number of anilines is 1. The molecule has 114 valence electrons. The maximum absolute atomic E-state index is 5.54. The molecular weight excluding hydrogens is 264 g/mol. The van der Waals surface area contributed by atoms with Crippen molar-refractivity contribution in [2.45, 2.75) is 25.8 Å². The number of piperidine rings is 1. The van der Waals surface area contributed by atoms with Gasteiger partial charge in [-0.15, -0.1) is 6.42 Å². The van der Waals surface area contributed by atoms with Crippen LogP contribution in [0.5, 0.6) is 11.5 Å². The molecule has 1 heterocycles. The van der Waals surface area contributed by atoms with Crippen molar-refractivity contribution in [2.24, 2.45) is 0 Å². The Morgan fingerprint density at radius 3 is 2.71 bits per heavy atom. The number of methoxy groups -OCH3 is 1. The minimum Gasteiger partial charge on any atom is -0.493 e. The Bertz CT molecular complexity index is 488. The van der Waals surface area contributed by atoms with E-state index in [2.05, 4.69) is 16.1 Å². The van der Waals surface area contributed by atoms with Crippen molar-refractivity contribution < 1.29 is 9.47 Å². The first-order valence-electron chi connectivity index (χ1n) is 7.50. The lowest BCUT2D eigenvalue weighted by molar-refractivity contribution is 0.243. The van der Waals surface area contributed by atoms with Crippen molar-refractivity contribution in [3.8, 4) is 23.8 Å². The van der Waals surface area contributed by atoms with Gasteiger partial charge in [0.05, 0.1) is 20.3 Å². The van der Waals surface area contributed by atoms with Gasteiger partial charge in [0.25, 0.3) is 0 Å². The average Bonchev–Trinajstić information content (AvgIpc) is 2.51. The summed E-state index contributed by atoms with van der Waals surface area (Å²) in [6.07, 6.45) is 7.57. The van der Waals surface area contributed by atoms with E-state index in [1.165, 1.54) is 0 Å². The smallest absolute Gasteiger partial charge is 0.162 e. The summed E-state index contributed by atoms with van der Waals surface area (Å²) in [5, 5.41) is 3.57. The summed E-state index contributed by atoms with van der Waals surface area (Å²) in [7, 11) is 1.67. The SMILES string of the molecule is C#CCN1CCC(Nc2ccc(OCC)c(OC)c2)CC1. The molecule has 1 aromatic rings. The van der Waals surface area contributed by atoms with Crippen molar-refractivity contribution in [3.05, 3.63) is 18.2 Å². The number of ether oxygens (including phenoxy) is 2. The van der Waals surface area contributed by atoms with Gasteiger partial charge in [-0.2, -0.15) is 0 Å². The highest BCUT2D eigenvalue weighted by atomic mass is 16.5. The standard InChI is InChI=1S/C17H24N2O2/c1-4-10-19-11-8-14(9-12-19)18-15-6-7-16(21-5-2)17(13-15)20-3/h1,6-7,13-14,18H,5,8-12H2,2-3H3. The minimum absolute atomic E-state index is 0.488. The Balaban J connectivity index is 1.93. The molecule has 0 spiro atoms. The molecule has 2 rings (SSSR count). The largest absolute Gasteiger partial charge is 0.493 e. The van der Waals surface area contributed by atoms with Crippen molar-refractivity contribution in [1.82, 2.24) is 4.90 Å². The first-order valence-corrected chi connectivity index (χ1v) is 7.50. The van der Waals surface area contributed by atoms with Crippen LogP contribution in [0, 0.1) is 12.3 Å². The van der Waals surface area contributed by atoms with Crippen LogP contribution >= 0.6 is 0 Å². The minimum atomic E-state index is 0.488. The van der Waals surface area contributed by atoms with Crippen LogP contribution in [0.4, 0.5) is 5.69 Å². The Morgan fingerprint density at radius 1 is 1.33 bits per heavy atom. The topological polar surface area (TPSA) is 33.7 Å². The van der Waals surface area contributed by atoms with Crippen LogP contribution in [0.1, 0.15) is 19.8 Å². The second-order valence-corrected chi connectivity index (χ2v) is 5.20. The zero-order chi connectivity index (χ0) is 15.1. The molecular formula is C17H24N2O2. The Labute approximate surface area is 127 Å². The van der Waals surface area contributed by atoms with E-state index in [0.717, 1.165) is 49.7 Å². The van der Waals surface area contributed by atoms with Crippen LogP contribution in [-0.4, -0.2) is 44.3 Å². The number of benzene rings is 1. The predicted molar refractivity (Wildman–Crippen MR) is 86.1 cm³/mol. The molecule has 0 unspecified atom stereocenters. The lowest BCUT2D eigenvalue weighted by Gasteiger charge is -2.31. The van der Waals surface area contributed by atoms with Gasteiger partial charge in [-0.05, 0) is 31.9 Å². The molecule has 4 heteroatoms. The summed E-state index contributed by atoms with van der Waals surface area (Å²) in [5.74, 6) is 4.27. The van der Waals surface area contributed by atoms with Gasteiger partial charge in [0.15, 0.2) is 11.5 Å². The molecule has 0 amide bonds. The van der Waals surface area contributed by atoms with Crippen molar-refractivity contribution >= 4 is 5.69 Å². The number of hydrogen-bond donors (Lipinski definition) is 1. The van der Waals surface area contributed by atoms with Crippen LogP contribution in [-0.2, 0) is 0 Å². The predicted octanol–water partition coefficient (Wildman–Crippen LogP) is 2.60. The summed E-state index contributed by atoms with van der Waals surface area (Å²) in [5.41, 5.74) is 1.07. The van der Waals surface area contributed by atoms with Gasteiger partial charge in [-0.3, -0.25) is 4.90 Å². The van der Waals surface area contributed by atoms with E-state index < -0.39 is 0 Å². The van der Waals surface area contributed by atoms with Crippen molar-refractivity contribution in [1.29, 1.82) is 0 Å². The van der Waals surface area contributed by atoms with Crippen LogP contribution in [0.25, 0.3) is 0 Å². The molecule has 0 atom stereocenters. The maximum Gasteiger partial charge on any atom is 0.162 e. The van der Waals surface area contributed by atoms with E-state index in [0.29, 0.717) is 12.6 Å². The van der Waals surface area contributed by atoms with Gasteiger partial charge in [-0.1, -0.05) is 5.92 Å². The zero-order valence-electron chi connectivity index (χ0n) is 12.9. The molecule has 1 saturated heterocycles. The molecule has 0 radical (unpaired) electrons. The molecule has 1 fully saturated rings. The number of nitrogens with zero attached hydrogens (tertiary/aromatic N) is 1. The van der Waals surface area contributed by atoms with Gasteiger partial charge >= 0.3 is 0 Å². The van der Waals surface area contributed by atoms with Crippen LogP contribution in [0.15, 0.2) is 18.2 Å². The van der Waals surface area contributed by atoms with E-state index in [-0.39, 0.29) is 0 Å². The molecule has 0 aliphatic carbocycles. The lowest BCUT2D eigenvalue weighted by Crippen LogP contribution is -2.39. The number of terminal acetylenes is 1. The van der Waals surface area contributed by atoms with Gasteiger partial charge in [0, 0.05) is 30.9 Å². The highest BCUT2D eigenvalue weighted by molar-refractivity contribution is 5.55. The van der Waals surface area contributed by atoms with Gasteiger partial charge in [0.2, 0.25) is 0 Å². The summed E-state index contributed by atoms with van der Waals surface area (Å²) in [6, 6.07) is 6.49. The third kappa shape index (κ3) is 4.30. The number of hydrogen-bond acceptors (Lipinski definition) is 4. The summed E-state index contributed by atoms with van der Waals surface area (Å²) in [6.45, 7) is 5.46. The van der Waals surface area contributed by atoms with Crippen LogP contribution in [0.3, 0.4) is 0 Å². The molecule has 21 heavy (non-hydrogen) atoms. The van der Waals surface area contributed by atoms with E-state index in [4.69, 9.17) is 15.9 Å². The third-order valence-corrected chi connectivity index (χ3v) is 3.74. The van der Waals surface area contributed by atoms with E-state index in [1.54, 1.807) is 7.11 Å². The second-order valence-electron chi connectivity index (χ2n) is 5.20. The van der Waals surface area contributed by atoms with Gasteiger partial charge in [-0.25, -0.2) is 0 Å². The van der Waals surface area contributed by atoms with Gasteiger partial charge < -0.3 is 14.8 Å².